The molecule has 28 heavy (non-hydrogen) atoms. The number of halogens is 1. The van der Waals surface area contributed by atoms with E-state index in [0.717, 1.165) is 27.8 Å². The molecule has 1 aliphatic rings. The van der Waals surface area contributed by atoms with Gasteiger partial charge in [0.2, 0.25) is 0 Å². The maximum Gasteiger partial charge on any atom is 0.266 e. The van der Waals surface area contributed by atoms with E-state index in [2.05, 4.69) is 0 Å². The number of hydrogen-bond acceptors (Lipinski definition) is 6. The number of carbonyl (C=O) groups is 2. The highest BCUT2D eigenvalue weighted by molar-refractivity contribution is 8.26. The Morgan fingerprint density at radius 3 is 2.61 bits per heavy atom. The molecular formula is C20H15ClNO4S2-. The first-order valence-corrected chi connectivity index (χ1v) is 9.91. The number of thioether (sulfide) groups is 1. The first-order valence-electron chi connectivity index (χ1n) is 8.31. The van der Waals surface area contributed by atoms with Crippen molar-refractivity contribution in [1.82, 2.24) is 4.90 Å². The van der Waals surface area contributed by atoms with Crippen LogP contribution >= 0.6 is 35.6 Å². The Balaban J connectivity index is 1.68. The summed E-state index contributed by atoms with van der Waals surface area (Å²) in [6.07, 6.45) is 1.67. The zero-order valence-electron chi connectivity index (χ0n) is 14.8. The minimum Gasteiger partial charge on any atom is -0.548 e. The van der Waals surface area contributed by atoms with E-state index < -0.39 is 17.9 Å². The van der Waals surface area contributed by atoms with Crippen LogP contribution in [0.5, 0.6) is 5.75 Å². The molecule has 0 aliphatic carbocycles. The van der Waals surface area contributed by atoms with Crippen LogP contribution in [0.2, 0.25) is 5.02 Å². The molecule has 144 valence electrons. The molecule has 1 saturated heterocycles. The number of benzene rings is 2. The molecule has 3 rings (SSSR count). The van der Waals surface area contributed by atoms with Crippen molar-refractivity contribution in [3.63, 3.8) is 0 Å². The summed E-state index contributed by atoms with van der Waals surface area (Å²) < 4.78 is 5.93. The minimum atomic E-state index is -1.35. The fourth-order valence-electron chi connectivity index (χ4n) is 2.51. The van der Waals surface area contributed by atoms with E-state index in [-0.39, 0.29) is 4.32 Å². The van der Waals surface area contributed by atoms with Gasteiger partial charge in [-0.15, -0.1) is 0 Å². The first kappa shape index (κ1) is 20.4. The highest BCUT2D eigenvalue weighted by Gasteiger charge is 2.35. The molecule has 0 bridgehead atoms. The highest BCUT2D eigenvalue weighted by Crippen LogP contribution is 2.34. The number of hydrogen-bond donors (Lipinski definition) is 0. The van der Waals surface area contributed by atoms with E-state index in [0.29, 0.717) is 22.3 Å². The smallest absolute Gasteiger partial charge is 0.266 e. The summed E-state index contributed by atoms with van der Waals surface area (Å²) in [7, 11) is 0. The number of amides is 1. The highest BCUT2D eigenvalue weighted by atomic mass is 35.5. The second kappa shape index (κ2) is 8.77. The average molecular weight is 433 g/mol. The molecule has 0 N–H and O–H groups in total. The predicted molar refractivity (Wildman–Crippen MR) is 112 cm³/mol. The van der Waals surface area contributed by atoms with Gasteiger partial charge >= 0.3 is 0 Å². The predicted octanol–water partition coefficient (Wildman–Crippen LogP) is 3.26. The van der Waals surface area contributed by atoms with Gasteiger partial charge in [0.05, 0.1) is 16.9 Å². The van der Waals surface area contributed by atoms with E-state index in [4.69, 9.17) is 28.6 Å². The number of carbonyl (C=O) groups excluding carboxylic acids is 2. The number of carboxylic acids is 1. The van der Waals surface area contributed by atoms with Gasteiger partial charge in [0, 0.05) is 10.6 Å². The van der Waals surface area contributed by atoms with Crippen LogP contribution in [0.3, 0.4) is 0 Å². The summed E-state index contributed by atoms with van der Waals surface area (Å²) in [6.45, 7) is 1.72. The average Bonchev–Trinajstić information content (AvgIpc) is 2.95. The summed E-state index contributed by atoms with van der Waals surface area (Å²) in [4.78, 5) is 24.9. The van der Waals surface area contributed by atoms with Crippen LogP contribution in [0.1, 0.15) is 18.1 Å². The van der Waals surface area contributed by atoms with Crippen LogP contribution in [0.15, 0.2) is 53.4 Å². The van der Waals surface area contributed by atoms with E-state index in [1.807, 2.05) is 18.2 Å². The van der Waals surface area contributed by atoms with Gasteiger partial charge in [-0.3, -0.25) is 9.69 Å². The standard InChI is InChI=1S/C20H16ClNO4S2/c1-12(19(24)25)22-18(23)17(28-20(22)27)10-13-6-8-15(9-7-13)26-11-14-4-2-3-5-16(14)21/h2-10,12H,11H2,1H3,(H,24,25)/p-1/b17-10-/t12-/m1/s1. The Morgan fingerprint density at radius 1 is 1.29 bits per heavy atom. The van der Waals surface area contributed by atoms with Gasteiger partial charge in [-0.2, -0.15) is 0 Å². The maximum atomic E-state index is 12.4. The van der Waals surface area contributed by atoms with Crippen molar-refractivity contribution < 1.29 is 19.4 Å². The van der Waals surface area contributed by atoms with Crippen LogP contribution in [0, 0.1) is 0 Å². The first-order chi connectivity index (χ1) is 13.4. The lowest BCUT2D eigenvalue weighted by Crippen LogP contribution is -2.48. The number of ether oxygens (including phenoxy) is 1. The van der Waals surface area contributed by atoms with Crippen molar-refractivity contribution >= 4 is 57.9 Å². The molecule has 1 aliphatic heterocycles. The molecule has 1 amide bonds. The molecule has 0 aromatic heterocycles. The van der Waals surface area contributed by atoms with Gasteiger partial charge in [-0.25, -0.2) is 0 Å². The molecule has 8 heteroatoms. The van der Waals surface area contributed by atoms with E-state index in [1.165, 1.54) is 6.92 Å². The third-order valence-electron chi connectivity index (χ3n) is 4.08. The number of rotatable bonds is 6. The lowest BCUT2D eigenvalue weighted by molar-refractivity contribution is -0.309. The molecule has 0 spiro atoms. The molecule has 5 nitrogen and oxygen atoms in total. The van der Waals surface area contributed by atoms with Crippen LogP contribution < -0.4 is 9.84 Å². The quantitative estimate of drug-likeness (QED) is 0.515. The SMILES string of the molecule is C[C@H](C(=O)[O-])N1C(=O)/C(=C/c2ccc(OCc3ccccc3Cl)cc2)SC1=S. The van der Waals surface area contributed by atoms with Crippen molar-refractivity contribution in [2.75, 3.05) is 0 Å². The summed E-state index contributed by atoms with van der Waals surface area (Å²) in [5, 5.41) is 11.7. The number of carboxylic acid groups (broad SMARTS) is 1. The van der Waals surface area contributed by atoms with E-state index in [9.17, 15) is 14.7 Å². The van der Waals surface area contributed by atoms with Gasteiger partial charge in [-0.1, -0.05) is 65.9 Å². The topological polar surface area (TPSA) is 69.7 Å². The molecule has 0 saturated carbocycles. The van der Waals surface area contributed by atoms with Gasteiger partial charge in [0.1, 0.15) is 16.7 Å². The van der Waals surface area contributed by atoms with Crippen LogP contribution in [-0.2, 0) is 16.2 Å². The normalized spacial score (nSPS) is 16.5. The molecular weight excluding hydrogens is 418 g/mol. The number of nitrogens with zero attached hydrogens (tertiary/aromatic N) is 1. The van der Waals surface area contributed by atoms with Crippen LogP contribution in [0.25, 0.3) is 6.08 Å². The molecule has 1 heterocycles. The van der Waals surface area contributed by atoms with Crippen LogP contribution in [0.4, 0.5) is 0 Å². The Labute approximate surface area is 176 Å². The van der Waals surface area contributed by atoms with Gasteiger partial charge in [0.25, 0.3) is 5.91 Å². The second-order valence-corrected chi connectivity index (χ2v) is 8.08. The van der Waals surface area contributed by atoms with E-state index in [1.54, 1.807) is 36.4 Å². The largest absolute Gasteiger partial charge is 0.548 e. The number of aliphatic carboxylic acids is 1. The van der Waals surface area contributed by atoms with Crippen molar-refractivity contribution in [2.45, 2.75) is 19.6 Å². The fraction of sp³-hybridized carbons (Fsp3) is 0.150. The molecule has 1 atom stereocenters. The van der Waals surface area contributed by atoms with Crippen molar-refractivity contribution in [3.05, 3.63) is 69.6 Å². The number of thiocarbonyl (C=S) groups is 1. The van der Waals surface area contributed by atoms with Gasteiger partial charge in [-0.05, 0) is 36.8 Å². The fourth-order valence-corrected chi connectivity index (χ4v) is 4.12. The van der Waals surface area contributed by atoms with Crippen molar-refractivity contribution in [3.8, 4) is 5.75 Å². The zero-order valence-corrected chi connectivity index (χ0v) is 17.1. The molecule has 0 radical (unpaired) electrons. The second-order valence-electron chi connectivity index (χ2n) is 6.00. The minimum absolute atomic E-state index is 0.202. The van der Waals surface area contributed by atoms with Gasteiger partial charge < -0.3 is 14.6 Å². The van der Waals surface area contributed by atoms with Crippen molar-refractivity contribution in [2.24, 2.45) is 0 Å². The monoisotopic (exact) mass is 432 g/mol. The lowest BCUT2D eigenvalue weighted by atomic mass is 10.2. The summed E-state index contributed by atoms with van der Waals surface area (Å²) >= 11 is 12.3. The molecule has 2 aromatic carbocycles. The zero-order chi connectivity index (χ0) is 20.3. The summed E-state index contributed by atoms with van der Waals surface area (Å²) in [5.74, 6) is -1.13. The lowest BCUT2D eigenvalue weighted by Gasteiger charge is -2.23. The summed E-state index contributed by atoms with van der Waals surface area (Å²) in [6, 6.07) is 13.5. The molecule has 0 unspecified atom stereocenters. The Bertz CT molecular complexity index is 959. The van der Waals surface area contributed by atoms with Crippen molar-refractivity contribution in [1.29, 1.82) is 0 Å². The Kier molecular flexibility index (Phi) is 6.39. The molecule has 1 fully saturated rings. The molecule has 2 aromatic rings. The maximum absolute atomic E-state index is 12.4. The van der Waals surface area contributed by atoms with Crippen LogP contribution in [-0.4, -0.2) is 27.1 Å². The van der Waals surface area contributed by atoms with E-state index >= 15 is 0 Å². The Hall–Kier alpha value is -2.35. The van der Waals surface area contributed by atoms with Gasteiger partial charge in [0.15, 0.2) is 0 Å². The third kappa shape index (κ3) is 4.55. The third-order valence-corrected chi connectivity index (χ3v) is 5.78. The summed E-state index contributed by atoms with van der Waals surface area (Å²) in [5.41, 5.74) is 1.66. The Morgan fingerprint density at radius 2 is 1.96 bits per heavy atom.